The first-order chi connectivity index (χ1) is 8.72. The van der Waals surface area contributed by atoms with Crippen molar-refractivity contribution >= 4 is 11.7 Å². The van der Waals surface area contributed by atoms with Crippen LogP contribution in [0.2, 0.25) is 0 Å². The molecule has 2 rings (SSSR count). The maximum Gasteiger partial charge on any atom is 0.335 e. The number of anilines is 1. The van der Waals surface area contributed by atoms with Crippen molar-refractivity contribution < 1.29 is 9.90 Å². The van der Waals surface area contributed by atoms with E-state index in [1.54, 1.807) is 12.1 Å². The van der Waals surface area contributed by atoms with Crippen LogP contribution in [0.25, 0.3) is 0 Å². The summed E-state index contributed by atoms with van der Waals surface area (Å²) >= 11 is 0. The van der Waals surface area contributed by atoms with Crippen molar-refractivity contribution in [2.24, 2.45) is 0 Å². The second kappa shape index (κ2) is 5.87. The molecule has 4 heteroatoms. The first kappa shape index (κ1) is 12.9. The van der Waals surface area contributed by atoms with Crippen LogP contribution in [0.3, 0.4) is 0 Å². The third-order valence-corrected chi connectivity index (χ3v) is 3.42. The fraction of sp³-hybridized carbons (Fsp3) is 0.500. The second-order valence-electron chi connectivity index (χ2n) is 4.69. The highest BCUT2D eigenvalue weighted by atomic mass is 16.4. The van der Waals surface area contributed by atoms with Crippen LogP contribution in [0.5, 0.6) is 0 Å². The third-order valence-electron chi connectivity index (χ3n) is 3.42. The molecule has 0 aromatic heterocycles. The molecule has 0 saturated carbocycles. The lowest BCUT2D eigenvalue weighted by molar-refractivity contribution is 0.0697. The van der Waals surface area contributed by atoms with Crippen molar-refractivity contribution in [3.63, 3.8) is 0 Å². The molecule has 0 amide bonds. The van der Waals surface area contributed by atoms with Gasteiger partial charge in [-0.05, 0) is 30.7 Å². The summed E-state index contributed by atoms with van der Waals surface area (Å²) in [7, 11) is 0. The minimum atomic E-state index is -0.869. The van der Waals surface area contributed by atoms with Gasteiger partial charge in [-0.25, -0.2) is 4.79 Å². The Hall–Kier alpha value is -1.55. The van der Waals surface area contributed by atoms with E-state index in [0.717, 1.165) is 38.2 Å². The van der Waals surface area contributed by atoms with Gasteiger partial charge in [0, 0.05) is 31.4 Å². The van der Waals surface area contributed by atoms with Gasteiger partial charge in [0.25, 0.3) is 0 Å². The lowest BCUT2D eigenvalue weighted by Crippen LogP contribution is -2.51. The summed E-state index contributed by atoms with van der Waals surface area (Å²) in [5, 5.41) is 12.3. The van der Waals surface area contributed by atoms with Gasteiger partial charge in [-0.2, -0.15) is 0 Å². The number of carbonyl (C=O) groups is 1. The lowest BCUT2D eigenvalue weighted by Gasteiger charge is -2.38. The molecule has 0 radical (unpaired) electrons. The molecule has 2 N–H and O–H groups in total. The van der Waals surface area contributed by atoms with Crippen molar-refractivity contribution in [2.75, 3.05) is 24.5 Å². The molecule has 18 heavy (non-hydrogen) atoms. The number of piperazine rings is 1. The molecule has 0 aliphatic carbocycles. The van der Waals surface area contributed by atoms with E-state index in [0.29, 0.717) is 11.6 Å². The van der Waals surface area contributed by atoms with Crippen molar-refractivity contribution in [1.82, 2.24) is 5.32 Å². The molecule has 1 aliphatic heterocycles. The largest absolute Gasteiger partial charge is 0.478 e. The van der Waals surface area contributed by atoms with E-state index in [1.807, 2.05) is 12.1 Å². The number of aromatic carboxylic acids is 1. The molecule has 1 atom stereocenters. The molecule has 1 heterocycles. The zero-order chi connectivity index (χ0) is 13.0. The maximum absolute atomic E-state index is 10.8. The Kier molecular flexibility index (Phi) is 4.20. The van der Waals surface area contributed by atoms with Gasteiger partial charge in [0.05, 0.1) is 5.56 Å². The topological polar surface area (TPSA) is 52.6 Å². The highest BCUT2D eigenvalue weighted by Gasteiger charge is 2.21. The van der Waals surface area contributed by atoms with Crippen molar-refractivity contribution in [2.45, 2.75) is 25.8 Å². The van der Waals surface area contributed by atoms with Crippen LogP contribution in [-0.4, -0.2) is 36.8 Å². The summed E-state index contributed by atoms with van der Waals surface area (Å²) in [6, 6.07) is 7.71. The molecule has 1 aromatic rings. The Morgan fingerprint density at radius 1 is 1.44 bits per heavy atom. The smallest absolute Gasteiger partial charge is 0.335 e. The third kappa shape index (κ3) is 2.82. The summed E-state index contributed by atoms with van der Waals surface area (Å²) in [6.07, 6.45) is 2.32. The Labute approximate surface area is 108 Å². The fourth-order valence-electron chi connectivity index (χ4n) is 2.49. The number of rotatable bonds is 4. The fourth-order valence-corrected chi connectivity index (χ4v) is 2.49. The van der Waals surface area contributed by atoms with Crippen LogP contribution in [0, 0.1) is 0 Å². The number of nitrogens with zero attached hydrogens (tertiary/aromatic N) is 1. The minimum Gasteiger partial charge on any atom is -0.478 e. The number of carboxylic acids is 1. The quantitative estimate of drug-likeness (QED) is 0.855. The van der Waals surface area contributed by atoms with Gasteiger partial charge in [0.1, 0.15) is 0 Å². The van der Waals surface area contributed by atoms with E-state index in [9.17, 15) is 4.79 Å². The molecular weight excluding hydrogens is 228 g/mol. The van der Waals surface area contributed by atoms with Gasteiger partial charge >= 0.3 is 5.97 Å². The van der Waals surface area contributed by atoms with E-state index >= 15 is 0 Å². The Bertz CT molecular complexity index is 401. The Morgan fingerprint density at radius 3 is 2.78 bits per heavy atom. The van der Waals surface area contributed by atoms with E-state index < -0.39 is 5.97 Å². The number of hydrogen-bond acceptors (Lipinski definition) is 3. The monoisotopic (exact) mass is 248 g/mol. The van der Waals surface area contributed by atoms with Gasteiger partial charge in [-0.3, -0.25) is 0 Å². The van der Waals surface area contributed by atoms with E-state index in [4.69, 9.17) is 5.11 Å². The maximum atomic E-state index is 10.8. The molecule has 98 valence electrons. The van der Waals surface area contributed by atoms with Crippen LogP contribution in [0.15, 0.2) is 24.3 Å². The SMILES string of the molecule is CCCC1CNCCN1c1ccc(C(=O)O)cc1. The zero-order valence-corrected chi connectivity index (χ0v) is 10.7. The highest BCUT2D eigenvalue weighted by Crippen LogP contribution is 2.21. The van der Waals surface area contributed by atoms with Crippen molar-refractivity contribution in [3.05, 3.63) is 29.8 Å². The molecule has 0 spiro atoms. The lowest BCUT2D eigenvalue weighted by atomic mass is 10.1. The molecule has 4 nitrogen and oxygen atoms in total. The van der Waals surface area contributed by atoms with Crippen LogP contribution in [-0.2, 0) is 0 Å². The number of carboxylic acid groups (broad SMARTS) is 1. The summed E-state index contributed by atoms with van der Waals surface area (Å²) in [5.41, 5.74) is 1.47. The average molecular weight is 248 g/mol. The predicted octanol–water partition coefficient (Wildman–Crippen LogP) is 1.96. The number of hydrogen-bond donors (Lipinski definition) is 2. The first-order valence-corrected chi connectivity index (χ1v) is 6.53. The van der Waals surface area contributed by atoms with E-state index in [-0.39, 0.29) is 0 Å². The first-order valence-electron chi connectivity index (χ1n) is 6.53. The van der Waals surface area contributed by atoms with Crippen molar-refractivity contribution in [3.8, 4) is 0 Å². The van der Waals surface area contributed by atoms with Gasteiger partial charge in [-0.15, -0.1) is 0 Å². The van der Waals surface area contributed by atoms with Gasteiger partial charge in [0.2, 0.25) is 0 Å². The molecule has 0 bridgehead atoms. The van der Waals surface area contributed by atoms with E-state index in [2.05, 4.69) is 17.1 Å². The number of nitrogens with one attached hydrogen (secondary N) is 1. The van der Waals surface area contributed by atoms with Crippen LogP contribution < -0.4 is 10.2 Å². The molecule has 1 fully saturated rings. The standard InChI is InChI=1S/C14H20N2O2/c1-2-3-13-10-15-8-9-16(13)12-6-4-11(5-7-12)14(17)18/h4-7,13,15H,2-3,8-10H2,1H3,(H,17,18). The van der Waals surface area contributed by atoms with Crippen LogP contribution in [0.4, 0.5) is 5.69 Å². The van der Waals surface area contributed by atoms with Gasteiger partial charge in [-0.1, -0.05) is 13.3 Å². The van der Waals surface area contributed by atoms with Crippen LogP contribution in [0.1, 0.15) is 30.1 Å². The predicted molar refractivity (Wildman–Crippen MR) is 72.3 cm³/mol. The Balaban J connectivity index is 2.15. The zero-order valence-electron chi connectivity index (χ0n) is 10.7. The average Bonchev–Trinajstić information content (AvgIpc) is 2.40. The van der Waals surface area contributed by atoms with Gasteiger partial charge in [0.15, 0.2) is 0 Å². The number of benzene rings is 1. The summed E-state index contributed by atoms with van der Waals surface area (Å²) < 4.78 is 0. The second-order valence-corrected chi connectivity index (χ2v) is 4.69. The van der Waals surface area contributed by atoms with E-state index in [1.165, 1.54) is 0 Å². The molecular formula is C14H20N2O2. The Morgan fingerprint density at radius 2 is 2.17 bits per heavy atom. The highest BCUT2D eigenvalue weighted by molar-refractivity contribution is 5.88. The normalized spacial score (nSPS) is 19.8. The molecule has 1 unspecified atom stereocenters. The van der Waals surface area contributed by atoms with Crippen LogP contribution >= 0.6 is 0 Å². The van der Waals surface area contributed by atoms with Crippen molar-refractivity contribution in [1.29, 1.82) is 0 Å². The molecule has 1 saturated heterocycles. The minimum absolute atomic E-state index is 0.348. The summed E-state index contributed by atoms with van der Waals surface area (Å²) in [4.78, 5) is 13.2. The summed E-state index contributed by atoms with van der Waals surface area (Å²) in [5.74, 6) is -0.869. The van der Waals surface area contributed by atoms with Gasteiger partial charge < -0.3 is 15.3 Å². The molecule has 1 aromatic carbocycles. The molecule has 1 aliphatic rings. The summed E-state index contributed by atoms with van der Waals surface area (Å²) in [6.45, 7) is 5.17.